The summed E-state index contributed by atoms with van der Waals surface area (Å²) in [5.74, 6) is 4.87. The SMILES string of the molecule is COc1ccc(CSCC=CSSCc2ccc(OC)cc2)cc1. The third-order valence-electron chi connectivity index (χ3n) is 3.25. The highest BCUT2D eigenvalue weighted by Gasteiger charge is 1.96. The van der Waals surface area contributed by atoms with Crippen molar-refractivity contribution in [3.8, 4) is 11.5 Å². The average Bonchev–Trinajstić information content (AvgIpc) is 2.65. The van der Waals surface area contributed by atoms with Crippen molar-refractivity contribution in [1.29, 1.82) is 0 Å². The minimum Gasteiger partial charge on any atom is -0.497 e. The molecule has 0 N–H and O–H groups in total. The average molecular weight is 379 g/mol. The van der Waals surface area contributed by atoms with Gasteiger partial charge in [-0.05, 0) is 40.8 Å². The van der Waals surface area contributed by atoms with E-state index in [-0.39, 0.29) is 0 Å². The predicted octanol–water partition coefficient (Wildman–Crippen LogP) is 6.03. The van der Waals surface area contributed by atoms with Crippen molar-refractivity contribution in [2.75, 3.05) is 20.0 Å². The van der Waals surface area contributed by atoms with E-state index in [1.54, 1.807) is 25.0 Å². The van der Waals surface area contributed by atoms with E-state index in [9.17, 15) is 0 Å². The molecule has 2 aromatic rings. The first-order valence-electron chi connectivity index (χ1n) is 7.58. The van der Waals surface area contributed by atoms with Crippen LogP contribution in [0.5, 0.6) is 11.5 Å². The van der Waals surface area contributed by atoms with Crippen LogP contribution >= 0.6 is 33.3 Å². The largest absolute Gasteiger partial charge is 0.497 e. The van der Waals surface area contributed by atoms with Gasteiger partial charge in [0.1, 0.15) is 11.5 Å². The van der Waals surface area contributed by atoms with Crippen LogP contribution in [0.2, 0.25) is 0 Å². The van der Waals surface area contributed by atoms with Crippen molar-refractivity contribution < 1.29 is 9.47 Å². The summed E-state index contributed by atoms with van der Waals surface area (Å²) < 4.78 is 10.3. The van der Waals surface area contributed by atoms with Gasteiger partial charge in [-0.2, -0.15) is 11.8 Å². The number of hydrogen-bond acceptors (Lipinski definition) is 5. The molecule has 0 saturated carbocycles. The second-order valence-corrected chi connectivity index (χ2v) is 8.25. The Morgan fingerprint density at radius 1 is 0.792 bits per heavy atom. The van der Waals surface area contributed by atoms with Crippen LogP contribution in [0.3, 0.4) is 0 Å². The lowest BCUT2D eigenvalue weighted by Gasteiger charge is -2.02. The number of methoxy groups -OCH3 is 2. The second-order valence-electron chi connectivity index (χ2n) is 4.94. The van der Waals surface area contributed by atoms with E-state index in [1.165, 1.54) is 11.1 Å². The molecule has 0 fully saturated rings. The van der Waals surface area contributed by atoms with Crippen LogP contribution in [-0.4, -0.2) is 20.0 Å². The number of hydrogen-bond donors (Lipinski definition) is 0. The monoisotopic (exact) mass is 378 g/mol. The number of ether oxygens (including phenoxy) is 2. The third-order valence-corrected chi connectivity index (χ3v) is 6.20. The fourth-order valence-electron chi connectivity index (χ4n) is 1.91. The van der Waals surface area contributed by atoms with Crippen molar-refractivity contribution in [3.63, 3.8) is 0 Å². The Morgan fingerprint density at radius 2 is 1.33 bits per heavy atom. The summed E-state index contributed by atoms with van der Waals surface area (Å²) in [6.07, 6.45) is 2.22. The van der Waals surface area contributed by atoms with Crippen molar-refractivity contribution in [3.05, 3.63) is 71.1 Å². The minimum absolute atomic E-state index is 0.908. The summed E-state index contributed by atoms with van der Waals surface area (Å²) in [4.78, 5) is 0. The first-order valence-corrected chi connectivity index (χ1v) is 11.1. The molecule has 0 aliphatic carbocycles. The molecule has 0 saturated heterocycles. The van der Waals surface area contributed by atoms with Gasteiger partial charge in [-0.25, -0.2) is 0 Å². The Labute approximate surface area is 156 Å². The molecule has 2 nitrogen and oxygen atoms in total. The quantitative estimate of drug-likeness (QED) is 0.370. The molecule has 0 radical (unpaired) electrons. The molecule has 0 aromatic heterocycles. The van der Waals surface area contributed by atoms with Gasteiger partial charge >= 0.3 is 0 Å². The van der Waals surface area contributed by atoms with Gasteiger partial charge in [-0.15, -0.1) is 0 Å². The van der Waals surface area contributed by atoms with Crippen molar-refractivity contribution in [2.45, 2.75) is 11.5 Å². The summed E-state index contributed by atoms with van der Waals surface area (Å²) in [6, 6.07) is 16.5. The number of thioether (sulfide) groups is 1. The maximum Gasteiger partial charge on any atom is 0.118 e. The molecule has 2 rings (SSSR count). The van der Waals surface area contributed by atoms with Crippen LogP contribution in [-0.2, 0) is 11.5 Å². The van der Waals surface area contributed by atoms with Crippen LogP contribution in [0.4, 0.5) is 0 Å². The maximum atomic E-state index is 5.16. The summed E-state index contributed by atoms with van der Waals surface area (Å²) >= 11 is 1.91. The molecule has 128 valence electrons. The second kappa shape index (κ2) is 11.4. The molecular weight excluding hydrogens is 356 g/mol. The van der Waals surface area contributed by atoms with Gasteiger partial charge in [0.15, 0.2) is 0 Å². The molecule has 0 amide bonds. The zero-order valence-electron chi connectivity index (χ0n) is 13.9. The Bertz CT molecular complexity index is 554. The smallest absolute Gasteiger partial charge is 0.118 e. The summed E-state index contributed by atoms with van der Waals surface area (Å²) in [5.41, 5.74) is 2.64. The van der Waals surface area contributed by atoms with Gasteiger partial charge in [0.05, 0.1) is 14.2 Å². The van der Waals surface area contributed by atoms with E-state index in [1.807, 2.05) is 46.8 Å². The zero-order chi connectivity index (χ0) is 17.0. The fourth-order valence-corrected chi connectivity index (χ4v) is 4.54. The molecule has 0 spiro atoms. The standard InChI is InChI=1S/C19H22O2S3/c1-20-18-8-4-16(5-9-18)14-22-12-3-13-23-24-15-17-6-10-19(21-2)11-7-17/h3-11,13H,12,14-15H2,1-2H3. The van der Waals surface area contributed by atoms with Crippen LogP contribution in [0.25, 0.3) is 0 Å². The van der Waals surface area contributed by atoms with E-state index in [2.05, 4.69) is 35.7 Å². The molecule has 0 bridgehead atoms. The Balaban J connectivity index is 1.55. The van der Waals surface area contributed by atoms with E-state index >= 15 is 0 Å². The highest BCUT2D eigenvalue weighted by Crippen LogP contribution is 2.28. The molecule has 0 aliphatic heterocycles. The lowest BCUT2D eigenvalue weighted by Crippen LogP contribution is -1.84. The van der Waals surface area contributed by atoms with E-state index in [0.29, 0.717) is 0 Å². The molecule has 2 aromatic carbocycles. The third kappa shape index (κ3) is 7.16. The summed E-state index contributed by atoms with van der Waals surface area (Å²) in [5, 5.41) is 2.18. The molecule has 24 heavy (non-hydrogen) atoms. The zero-order valence-corrected chi connectivity index (χ0v) is 16.4. The van der Waals surface area contributed by atoms with Crippen molar-refractivity contribution in [2.24, 2.45) is 0 Å². The first kappa shape index (κ1) is 19.2. The van der Waals surface area contributed by atoms with E-state index in [4.69, 9.17) is 9.47 Å². The molecular formula is C19H22O2S3. The van der Waals surface area contributed by atoms with Gasteiger partial charge in [-0.1, -0.05) is 51.9 Å². The van der Waals surface area contributed by atoms with Crippen LogP contribution in [0.1, 0.15) is 11.1 Å². The highest BCUT2D eigenvalue weighted by atomic mass is 33.1. The molecule has 0 heterocycles. The minimum atomic E-state index is 0.908. The number of benzene rings is 2. The molecule has 5 heteroatoms. The lowest BCUT2D eigenvalue weighted by atomic mass is 10.2. The Kier molecular flexibility index (Phi) is 9.10. The van der Waals surface area contributed by atoms with Crippen LogP contribution in [0.15, 0.2) is 60.0 Å². The molecule has 0 atom stereocenters. The topological polar surface area (TPSA) is 18.5 Å². The highest BCUT2D eigenvalue weighted by molar-refractivity contribution is 8.77. The van der Waals surface area contributed by atoms with Gasteiger partial charge in [-0.3, -0.25) is 0 Å². The molecule has 0 aliphatic rings. The fraction of sp³-hybridized carbons (Fsp3) is 0.263. The van der Waals surface area contributed by atoms with Crippen molar-refractivity contribution >= 4 is 33.3 Å². The van der Waals surface area contributed by atoms with Crippen molar-refractivity contribution in [1.82, 2.24) is 0 Å². The van der Waals surface area contributed by atoms with Gasteiger partial charge in [0, 0.05) is 17.3 Å². The Morgan fingerprint density at radius 3 is 1.88 bits per heavy atom. The number of rotatable bonds is 10. The molecule has 0 unspecified atom stereocenters. The van der Waals surface area contributed by atoms with E-state index < -0.39 is 0 Å². The van der Waals surface area contributed by atoms with Gasteiger partial charge in [0.25, 0.3) is 0 Å². The van der Waals surface area contributed by atoms with Crippen LogP contribution in [0, 0.1) is 0 Å². The predicted molar refractivity (Wildman–Crippen MR) is 110 cm³/mol. The van der Waals surface area contributed by atoms with E-state index in [0.717, 1.165) is 28.8 Å². The maximum absolute atomic E-state index is 5.16. The van der Waals surface area contributed by atoms with Gasteiger partial charge < -0.3 is 9.47 Å². The lowest BCUT2D eigenvalue weighted by molar-refractivity contribution is 0.414. The van der Waals surface area contributed by atoms with Crippen LogP contribution < -0.4 is 9.47 Å². The Hall–Kier alpha value is -1.17. The summed E-state index contributed by atoms with van der Waals surface area (Å²) in [6.45, 7) is 0. The normalized spacial score (nSPS) is 10.9. The van der Waals surface area contributed by atoms with Gasteiger partial charge in [0.2, 0.25) is 0 Å². The summed E-state index contributed by atoms with van der Waals surface area (Å²) in [7, 11) is 7.01. The first-order chi connectivity index (χ1) is 11.8.